The van der Waals surface area contributed by atoms with E-state index in [1.807, 2.05) is 37.3 Å². The first kappa shape index (κ1) is 17.0. The highest BCUT2D eigenvalue weighted by Crippen LogP contribution is 2.37. The fraction of sp³-hybridized carbons (Fsp3) is 0.190. The average Bonchev–Trinajstić information content (AvgIpc) is 3.21. The molecule has 136 valence electrons. The first-order valence-electron chi connectivity index (χ1n) is 8.93. The number of amides is 1. The van der Waals surface area contributed by atoms with Crippen molar-refractivity contribution in [3.05, 3.63) is 77.4 Å². The Balaban J connectivity index is 1.94. The summed E-state index contributed by atoms with van der Waals surface area (Å²) in [7, 11) is 0. The molecule has 0 saturated carbocycles. The van der Waals surface area contributed by atoms with Gasteiger partial charge < -0.3 is 11.1 Å². The molecule has 0 spiro atoms. The fourth-order valence-electron chi connectivity index (χ4n) is 3.54. The SMILES string of the molecule is C=C1C=CC(c2c(-c3cccc(C)n3)nn3c2CCC3)=C(/C=C/C(N)=O)N1. The van der Waals surface area contributed by atoms with Crippen molar-refractivity contribution in [2.75, 3.05) is 0 Å². The minimum atomic E-state index is -0.496. The number of allylic oxidation sites excluding steroid dienone is 4. The summed E-state index contributed by atoms with van der Waals surface area (Å²) in [6.07, 6.45) is 9.00. The number of primary amides is 1. The number of nitrogens with one attached hydrogen (secondary N) is 1. The monoisotopic (exact) mass is 359 g/mol. The van der Waals surface area contributed by atoms with Gasteiger partial charge >= 0.3 is 0 Å². The van der Waals surface area contributed by atoms with Crippen molar-refractivity contribution in [1.82, 2.24) is 20.1 Å². The number of hydrogen-bond acceptors (Lipinski definition) is 4. The molecule has 0 radical (unpaired) electrons. The number of nitrogens with zero attached hydrogens (tertiary/aromatic N) is 3. The van der Waals surface area contributed by atoms with Crippen LogP contribution in [-0.2, 0) is 17.8 Å². The van der Waals surface area contributed by atoms with Crippen molar-refractivity contribution in [2.45, 2.75) is 26.3 Å². The van der Waals surface area contributed by atoms with Gasteiger partial charge in [-0.3, -0.25) is 14.5 Å². The highest BCUT2D eigenvalue weighted by Gasteiger charge is 2.27. The molecule has 0 saturated heterocycles. The molecule has 0 unspecified atom stereocenters. The second-order valence-corrected chi connectivity index (χ2v) is 6.71. The summed E-state index contributed by atoms with van der Waals surface area (Å²) in [5.74, 6) is -0.496. The van der Waals surface area contributed by atoms with Gasteiger partial charge in [0.2, 0.25) is 5.91 Å². The summed E-state index contributed by atoms with van der Waals surface area (Å²) in [6, 6.07) is 5.94. The van der Waals surface area contributed by atoms with Crippen molar-refractivity contribution < 1.29 is 4.79 Å². The molecule has 27 heavy (non-hydrogen) atoms. The van der Waals surface area contributed by atoms with Crippen molar-refractivity contribution in [2.24, 2.45) is 5.73 Å². The van der Waals surface area contributed by atoms with E-state index in [0.29, 0.717) is 0 Å². The van der Waals surface area contributed by atoms with E-state index in [2.05, 4.69) is 21.6 Å². The van der Waals surface area contributed by atoms with Crippen LogP contribution in [0.3, 0.4) is 0 Å². The third-order valence-corrected chi connectivity index (χ3v) is 4.69. The molecule has 2 aliphatic heterocycles. The lowest BCUT2D eigenvalue weighted by Crippen LogP contribution is -2.16. The lowest BCUT2D eigenvalue weighted by Gasteiger charge is -2.18. The van der Waals surface area contributed by atoms with Crippen LogP contribution in [0, 0.1) is 6.92 Å². The van der Waals surface area contributed by atoms with Gasteiger partial charge in [-0.05, 0) is 44.1 Å². The topological polar surface area (TPSA) is 85.8 Å². The Morgan fingerprint density at radius 3 is 3.00 bits per heavy atom. The van der Waals surface area contributed by atoms with E-state index in [4.69, 9.17) is 10.8 Å². The zero-order chi connectivity index (χ0) is 19.0. The second-order valence-electron chi connectivity index (χ2n) is 6.71. The number of fused-ring (bicyclic) bond motifs is 1. The van der Waals surface area contributed by atoms with Crippen LogP contribution < -0.4 is 11.1 Å². The molecule has 6 nitrogen and oxygen atoms in total. The number of carbonyl (C=O) groups excluding carboxylic acids is 1. The van der Waals surface area contributed by atoms with Gasteiger partial charge in [0.1, 0.15) is 5.69 Å². The Kier molecular flexibility index (Phi) is 4.24. The Hall–Kier alpha value is -3.41. The number of aryl methyl sites for hydroxylation is 2. The minimum absolute atomic E-state index is 0.496. The predicted molar refractivity (Wildman–Crippen MR) is 105 cm³/mol. The van der Waals surface area contributed by atoms with E-state index in [-0.39, 0.29) is 0 Å². The van der Waals surface area contributed by atoms with Gasteiger partial charge in [0.25, 0.3) is 0 Å². The van der Waals surface area contributed by atoms with Crippen molar-refractivity contribution in [3.63, 3.8) is 0 Å². The minimum Gasteiger partial charge on any atom is -0.366 e. The number of hydrogen-bond donors (Lipinski definition) is 2. The molecule has 2 aliphatic rings. The largest absolute Gasteiger partial charge is 0.366 e. The van der Waals surface area contributed by atoms with Gasteiger partial charge in [-0.2, -0.15) is 5.10 Å². The van der Waals surface area contributed by atoms with Crippen LogP contribution in [0.5, 0.6) is 0 Å². The fourth-order valence-corrected chi connectivity index (χ4v) is 3.54. The maximum Gasteiger partial charge on any atom is 0.241 e. The lowest BCUT2D eigenvalue weighted by atomic mass is 9.95. The standard InChI is InChI=1S/C21H21N5O/c1-13-5-3-6-17(24-13)21-20(18-7-4-12-26(18)25-21)15-9-8-14(2)23-16(15)10-11-19(22)27/h3,5-6,8-11,23H,2,4,7,12H2,1H3,(H2,22,27)/b11-10+. The zero-order valence-corrected chi connectivity index (χ0v) is 15.2. The Morgan fingerprint density at radius 1 is 1.37 bits per heavy atom. The second kappa shape index (κ2) is 6.72. The van der Waals surface area contributed by atoms with Crippen molar-refractivity contribution in [3.8, 4) is 11.4 Å². The highest BCUT2D eigenvalue weighted by atomic mass is 16.1. The molecule has 1 amide bonds. The van der Waals surface area contributed by atoms with Gasteiger partial charge in [-0.1, -0.05) is 18.7 Å². The van der Waals surface area contributed by atoms with Crippen molar-refractivity contribution >= 4 is 11.5 Å². The third-order valence-electron chi connectivity index (χ3n) is 4.69. The lowest BCUT2D eigenvalue weighted by molar-refractivity contribution is -0.113. The number of dihydropyridines is 1. The average molecular weight is 359 g/mol. The summed E-state index contributed by atoms with van der Waals surface area (Å²) in [5.41, 5.74) is 12.7. The van der Waals surface area contributed by atoms with Crippen LogP contribution in [0.1, 0.15) is 23.4 Å². The van der Waals surface area contributed by atoms with E-state index >= 15 is 0 Å². The molecule has 3 N–H and O–H groups in total. The molecule has 0 aliphatic carbocycles. The zero-order valence-electron chi connectivity index (χ0n) is 15.2. The highest BCUT2D eigenvalue weighted by molar-refractivity contribution is 5.91. The maximum atomic E-state index is 11.2. The summed E-state index contributed by atoms with van der Waals surface area (Å²) in [4.78, 5) is 15.9. The first-order chi connectivity index (χ1) is 13.0. The number of rotatable bonds is 4. The van der Waals surface area contributed by atoms with E-state index in [1.165, 1.54) is 11.8 Å². The summed E-state index contributed by atoms with van der Waals surface area (Å²) >= 11 is 0. The predicted octanol–water partition coefficient (Wildman–Crippen LogP) is 2.63. The van der Waals surface area contributed by atoms with Crippen LogP contribution in [0.25, 0.3) is 17.0 Å². The van der Waals surface area contributed by atoms with Gasteiger partial charge in [0.05, 0.1) is 5.69 Å². The van der Waals surface area contributed by atoms with Crippen LogP contribution in [0.15, 0.2) is 60.5 Å². The molecule has 2 aromatic rings. The summed E-state index contributed by atoms with van der Waals surface area (Å²) in [6.45, 7) is 6.83. The van der Waals surface area contributed by atoms with E-state index in [9.17, 15) is 4.79 Å². The Bertz CT molecular complexity index is 1040. The number of pyridine rings is 1. The number of nitrogens with two attached hydrogens (primary N) is 1. The smallest absolute Gasteiger partial charge is 0.241 e. The van der Waals surface area contributed by atoms with Crippen LogP contribution in [0.2, 0.25) is 0 Å². The Morgan fingerprint density at radius 2 is 2.22 bits per heavy atom. The first-order valence-corrected chi connectivity index (χ1v) is 8.93. The molecule has 4 heterocycles. The third kappa shape index (κ3) is 3.21. The van der Waals surface area contributed by atoms with Gasteiger partial charge in [0.15, 0.2) is 0 Å². The molecule has 4 rings (SSSR count). The van der Waals surface area contributed by atoms with Crippen molar-refractivity contribution in [1.29, 1.82) is 0 Å². The van der Waals surface area contributed by atoms with E-state index < -0.39 is 5.91 Å². The summed E-state index contributed by atoms with van der Waals surface area (Å²) < 4.78 is 2.06. The maximum absolute atomic E-state index is 11.2. The van der Waals surface area contributed by atoms with Crippen LogP contribution in [0.4, 0.5) is 0 Å². The molecular weight excluding hydrogens is 338 g/mol. The van der Waals surface area contributed by atoms with Gasteiger partial charge in [-0.25, -0.2) is 0 Å². The number of aromatic nitrogens is 3. The Labute approximate surface area is 157 Å². The normalized spacial score (nSPS) is 16.1. The van der Waals surface area contributed by atoms with Crippen LogP contribution in [-0.4, -0.2) is 20.7 Å². The van der Waals surface area contributed by atoms with Gasteiger partial charge in [0, 0.05) is 46.5 Å². The molecule has 0 aromatic carbocycles. The molecule has 2 aromatic heterocycles. The molecule has 6 heteroatoms. The van der Waals surface area contributed by atoms with E-state index in [0.717, 1.165) is 59.0 Å². The number of carbonyl (C=O) groups is 1. The summed E-state index contributed by atoms with van der Waals surface area (Å²) in [5, 5.41) is 8.08. The van der Waals surface area contributed by atoms with E-state index in [1.54, 1.807) is 6.08 Å². The molecule has 0 bridgehead atoms. The van der Waals surface area contributed by atoms with Gasteiger partial charge in [-0.15, -0.1) is 0 Å². The molecule has 0 atom stereocenters. The van der Waals surface area contributed by atoms with Crippen LogP contribution >= 0.6 is 0 Å². The molecule has 0 fully saturated rings. The quantitative estimate of drug-likeness (QED) is 0.822. The molecular formula is C21H21N5O.